The van der Waals surface area contributed by atoms with Crippen molar-refractivity contribution in [2.24, 2.45) is 16.6 Å². The molecule has 2 aliphatic rings. The molecule has 1 saturated carbocycles. The molecule has 0 saturated heterocycles. The van der Waals surface area contributed by atoms with Crippen LogP contribution in [0.25, 0.3) is 11.0 Å². The lowest BCUT2D eigenvalue weighted by Gasteiger charge is -2.33. The van der Waals surface area contributed by atoms with Gasteiger partial charge in [-0.2, -0.15) is 0 Å². The number of terminal acetylenes is 1. The largest absolute Gasteiger partial charge is 0.481 e. The molecule has 11 heteroatoms. The Labute approximate surface area is 199 Å². The Morgan fingerprint density at radius 1 is 1.35 bits per heavy atom. The van der Waals surface area contributed by atoms with Crippen LogP contribution in [0.15, 0.2) is 35.7 Å². The number of fused-ring (bicyclic) bond motifs is 2. The Bertz CT molecular complexity index is 1350. The molecule has 1 fully saturated rings. The van der Waals surface area contributed by atoms with Gasteiger partial charge in [0.15, 0.2) is 17.6 Å². The molecule has 0 aromatic carbocycles. The van der Waals surface area contributed by atoms with Gasteiger partial charge < -0.3 is 20.5 Å². The maximum atomic E-state index is 13.9. The molecule has 4 heterocycles. The number of anilines is 2. The number of nitrogens with two attached hydrogens (primary N) is 1. The number of methoxy groups -OCH3 is 1. The molecule has 3 N–H and O–H groups in total. The smallest absolute Gasteiger partial charge is 0.233 e. The van der Waals surface area contributed by atoms with Gasteiger partial charge in [-0.3, -0.25) is 4.99 Å². The second-order valence-electron chi connectivity index (χ2n) is 8.29. The topological polar surface area (TPSA) is 120 Å². The minimum absolute atomic E-state index is 0.0174. The predicted octanol–water partition coefficient (Wildman–Crippen LogP) is 3.19. The van der Waals surface area contributed by atoms with Crippen molar-refractivity contribution in [3.8, 4) is 24.1 Å². The summed E-state index contributed by atoms with van der Waals surface area (Å²) in [5.74, 6) is 3.61. The van der Waals surface area contributed by atoms with Crippen molar-refractivity contribution in [3.05, 3.63) is 36.3 Å². The van der Waals surface area contributed by atoms with Crippen LogP contribution in [0.3, 0.4) is 0 Å². The Kier molecular flexibility index (Phi) is 5.40. The molecule has 9 nitrogen and oxygen atoms in total. The minimum atomic E-state index is -0.771. The SMILES string of the molecule is C#CCOc1cnc2c(Nc3cnc(OC)c([C@]4(C)N=C(N)S[C@@]5(CF)C[C@H]54)c3)nccc2n1. The van der Waals surface area contributed by atoms with Gasteiger partial charge in [0.2, 0.25) is 11.8 Å². The zero-order chi connectivity index (χ0) is 23.9. The van der Waals surface area contributed by atoms with Gasteiger partial charge in [0.25, 0.3) is 0 Å². The highest BCUT2D eigenvalue weighted by Gasteiger charge is 2.67. The van der Waals surface area contributed by atoms with E-state index in [1.165, 1.54) is 18.0 Å². The molecule has 3 aromatic heterocycles. The maximum absolute atomic E-state index is 13.9. The number of rotatable bonds is 7. The molecule has 1 aliphatic heterocycles. The standard InChI is InChI=1S/C23H22FN7O2S/c1-4-7-33-17-11-27-18-15(30-17)5-6-26-19(18)29-13-8-14(20(32-3)28-10-13)22(2)16-9-23(16,12-24)34-21(25)31-22/h1,5-6,8,10-11,16H,7,9,12H2,2-3H3,(H2,25,31)(H,26,29)/t16-,22-,23+/m0/s1. The van der Waals surface area contributed by atoms with Gasteiger partial charge >= 0.3 is 0 Å². The van der Waals surface area contributed by atoms with Gasteiger partial charge in [-0.15, -0.1) is 6.42 Å². The highest BCUT2D eigenvalue weighted by Crippen LogP contribution is 2.66. The second kappa shape index (κ2) is 8.29. The zero-order valence-corrected chi connectivity index (χ0v) is 19.4. The number of thioether (sulfide) groups is 1. The Morgan fingerprint density at radius 3 is 2.97 bits per heavy atom. The zero-order valence-electron chi connectivity index (χ0n) is 18.6. The first kappa shape index (κ1) is 22.2. The van der Waals surface area contributed by atoms with Gasteiger partial charge in [0.05, 0.1) is 41.0 Å². The molecule has 0 radical (unpaired) electrons. The third-order valence-corrected chi connectivity index (χ3v) is 7.44. The number of aromatic nitrogens is 4. The summed E-state index contributed by atoms with van der Waals surface area (Å²) in [4.78, 5) is 22.4. The molecule has 3 aromatic rings. The normalized spacial score (nSPS) is 25.1. The van der Waals surface area contributed by atoms with E-state index in [4.69, 9.17) is 26.6 Å². The number of hydrogen-bond acceptors (Lipinski definition) is 10. The van der Waals surface area contributed by atoms with Gasteiger partial charge in [-0.05, 0) is 25.5 Å². The van der Waals surface area contributed by atoms with Crippen molar-refractivity contribution in [3.63, 3.8) is 0 Å². The van der Waals surface area contributed by atoms with Crippen molar-refractivity contribution in [2.75, 3.05) is 25.7 Å². The monoisotopic (exact) mass is 479 g/mol. The Morgan fingerprint density at radius 2 is 2.21 bits per heavy atom. The molecular weight excluding hydrogens is 457 g/mol. The van der Waals surface area contributed by atoms with Gasteiger partial charge in [-0.1, -0.05) is 17.7 Å². The molecule has 3 atom stereocenters. The minimum Gasteiger partial charge on any atom is -0.481 e. The molecular formula is C23H22FN7O2S. The van der Waals surface area contributed by atoms with Crippen LogP contribution in [0.5, 0.6) is 11.8 Å². The second-order valence-corrected chi connectivity index (χ2v) is 9.72. The lowest BCUT2D eigenvalue weighted by atomic mass is 9.86. The fourth-order valence-corrected chi connectivity index (χ4v) is 5.79. The lowest BCUT2D eigenvalue weighted by molar-refractivity contribution is 0.340. The van der Waals surface area contributed by atoms with Crippen molar-refractivity contribution in [2.45, 2.75) is 23.6 Å². The molecule has 0 unspecified atom stereocenters. The van der Waals surface area contributed by atoms with Crippen molar-refractivity contribution >= 4 is 39.5 Å². The number of nitrogens with zero attached hydrogens (tertiary/aromatic N) is 5. The summed E-state index contributed by atoms with van der Waals surface area (Å²) < 4.78 is 24.3. The number of amidine groups is 1. The third-order valence-electron chi connectivity index (χ3n) is 6.17. The number of halogens is 1. The summed E-state index contributed by atoms with van der Waals surface area (Å²) >= 11 is 1.32. The van der Waals surface area contributed by atoms with Crippen LogP contribution in [0, 0.1) is 18.3 Å². The Balaban J connectivity index is 1.51. The maximum Gasteiger partial charge on any atom is 0.233 e. The number of aliphatic imine (C=N–C) groups is 1. The van der Waals surface area contributed by atoms with E-state index in [2.05, 4.69) is 31.2 Å². The highest BCUT2D eigenvalue weighted by molar-refractivity contribution is 8.15. The fourth-order valence-electron chi connectivity index (χ4n) is 4.46. The molecule has 0 amide bonds. The van der Waals surface area contributed by atoms with E-state index in [9.17, 15) is 4.39 Å². The van der Waals surface area contributed by atoms with Crippen LogP contribution in [0.2, 0.25) is 0 Å². The summed E-state index contributed by atoms with van der Waals surface area (Å²) in [6.45, 7) is 1.59. The number of alkyl halides is 1. The van der Waals surface area contributed by atoms with Crippen LogP contribution in [0.4, 0.5) is 15.9 Å². The average molecular weight is 480 g/mol. The molecule has 5 rings (SSSR count). The van der Waals surface area contributed by atoms with E-state index >= 15 is 0 Å². The molecule has 174 valence electrons. The van der Waals surface area contributed by atoms with E-state index < -0.39 is 17.0 Å². The summed E-state index contributed by atoms with van der Waals surface area (Å²) in [5, 5.41) is 3.62. The molecule has 0 bridgehead atoms. The first-order chi connectivity index (χ1) is 16.4. The van der Waals surface area contributed by atoms with Crippen molar-refractivity contribution in [1.29, 1.82) is 0 Å². The summed E-state index contributed by atoms with van der Waals surface area (Å²) in [5.41, 5.74) is 7.84. The van der Waals surface area contributed by atoms with Crippen LogP contribution >= 0.6 is 11.8 Å². The number of nitrogens with one attached hydrogen (secondary N) is 1. The summed E-state index contributed by atoms with van der Waals surface area (Å²) in [6.07, 6.45) is 10.7. The van der Waals surface area contributed by atoms with Crippen LogP contribution < -0.4 is 20.5 Å². The van der Waals surface area contributed by atoms with Crippen LogP contribution in [0.1, 0.15) is 18.9 Å². The van der Waals surface area contributed by atoms with E-state index in [-0.39, 0.29) is 12.5 Å². The predicted molar refractivity (Wildman–Crippen MR) is 129 cm³/mol. The third kappa shape index (κ3) is 3.64. The first-order valence-electron chi connectivity index (χ1n) is 10.5. The Hall–Kier alpha value is -3.65. The van der Waals surface area contributed by atoms with E-state index in [1.807, 2.05) is 13.0 Å². The first-order valence-corrected chi connectivity index (χ1v) is 11.3. The molecule has 1 aliphatic carbocycles. The number of pyridine rings is 2. The van der Waals surface area contributed by atoms with Gasteiger partial charge in [-0.25, -0.2) is 24.3 Å². The average Bonchev–Trinajstić information content (AvgIpc) is 3.58. The number of ether oxygens (including phenoxy) is 2. The fraction of sp³-hybridized carbons (Fsp3) is 0.348. The van der Waals surface area contributed by atoms with Gasteiger partial charge in [0.1, 0.15) is 12.2 Å². The quantitative estimate of drug-likeness (QED) is 0.492. The van der Waals surface area contributed by atoms with Crippen molar-refractivity contribution < 1.29 is 13.9 Å². The van der Waals surface area contributed by atoms with E-state index in [0.717, 1.165) is 5.56 Å². The molecule has 34 heavy (non-hydrogen) atoms. The lowest BCUT2D eigenvalue weighted by Crippen LogP contribution is -2.36. The van der Waals surface area contributed by atoms with Gasteiger partial charge in [0, 0.05) is 17.7 Å². The van der Waals surface area contributed by atoms with Crippen LogP contribution in [-0.2, 0) is 5.54 Å². The van der Waals surface area contributed by atoms with Crippen LogP contribution in [-0.4, -0.2) is 50.2 Å². The summed E-state index contributed by atoms with van der Waals surface area (Å²) in [6, 6.07) is 3.62. The highest BCUT2D eigenvalue weighted by atomic mass is 32.2. The van der Waals surface area contributed by atoms with E-state index in [0.29, 0.717) is 45.9 Å². The van der Waals surface area contributed by atoms with Crippen molar-refractivity contribution in [1.82, 2.24) is 19.9 Å². The van der Waals surface area contributed by atoms with E-state index in [1.54, 1.807) is 25.6 Å². The molecule has 0 spiro atoms. The summed E-state index contributed by atoms with van der Waals surface area (Å²) in [7, 11) is 1.55. The number of hydrogen-bond donors (Lipinski definition) is 2.